The van der Waals surface area contributed by atoms with Crippen molar-refractivity contribution in [3.05, 3.63) is 22.5 Å². The van der Waals surface area contributed by atoms with Gasteiger partial charge < -0.3 is 10.1 Å². The Bertz CT molecular complexity index is 458. The van der Waals surface area contributed by atoms with Crippen molar-refractivity contribution in [3.63, 3.8) is 0 Å². The molecule has 0 aliphatic rings. The number of hydrogen-bond donors (Lipinski definition) is 1. The first-order chi connectivity index (χ1) is 6.68. The van der Waals surface area contributed by atoms with Crippen LogP contribution in [0.3, 0.4) is 0 Å². The van der Waals surface area contributed by atoms with Crippen molar-refractivity contribution < 1.29 is 4.92 Å². The Labute approximate surface area is 76.0 Å². The number of nitrogens with zero attached hydrogens (tertiary/aromatic N) is 7. The lowest BCUT2D eigenvalue weighted by molar-refractivity contribution is -0.391. The molecule has 0 aliphatic carbocycles. The molecule has 0 radical (unpaired) electrons. The van der Waals surface area contributed by atoms with Crippen molar-refractivity contribution in [2.24, 2.45) is 0 Å². The smallest absolute Gasteiger partial charge is 0.358 e. The standard InChI is InChI=1S/C4H4N8O2/c5-11-4(12(13)14)1-3(7-11)10-2-6-8-9-10/h1-2H,5H2. The molecule has 0 aliphatic heterocycles. The van der Waals surface area contributed by atoms with Gasteiger partial charge in [-0.2, -0.15) is 4.68 Å². The van der Waals surface area contributed by atoms with Gasteiger partial charge >= 0.3 is 5.82 Å². The van der Waals surface area contributed by atoms with E-state index in [0.717, 1.165) is 10.7 Å². The van der Waals surface area contributed by atoms with Crippen LogP contribution in [0.5, 0.6) is 0 Å². The Morgan fingerprint density at radius 3 is 2.86 bits per heavy atom. The van der Waals surface area contributed by atoms with Gasteiger partial charge in [0.05, 0.1) is 6.07 Å². The van der Waals surface area contributed by atoms with Crippen LogP contribution in [0.1, 0.15) is 0 Å². The van der Waals surface area contributed by atoms with Crippen molar-refractivity contribution >= 4 is 5.82 Å². The lowest BCUT2D eigenvalue weighted by atomic mass is 10.6. The van der Waals surface area contributed by atoms with Crippen molar-refractivity contribution in [2.75, 3.05) is 5.84 Å². The van der Waals surface area contributed by atoms with E-state index in [1.54, 1.807) is 0 Å². The Balaban J connectivity index is 2.48. The zero-order valence-electron chi connectivity index (χ0n) is 6.68. The maximum absolute atomic E-state index is 10.4. The summed E-state index contributed by atoms with van der Waals surface area (Å²) in [6.07, 6.45) is 1.26. The highest BCUT2D eigenvalue weighted by atomic mass is 16.6. The van der Waals surface area contributed by atoms with Crippen molar-refractivity contribution in [1.82, 2.24) is 30.1 Å². The molecule has 2 rings (SSSR count). The molecule has 2 heterocycles. The number of hydrogen-bond acceptors (Lipinski definition) is 7. The molecule has 0 amide bonds. The topological polar surface area (TPSA) is 131 Å². The average Bonchev–Trinajstić information content (AvgIpc) is 2.70. The molecule has 0 atom stereocenters. The van der Waals surface area contributed by atoms with Crippen LogP contribution in [0.2, 0.25) is 0 Å². The van der Waals surface area contributed by atoms with E-state index in [-0.39, 0.29) is 11.6 Å². The van der Waals surface area contributed by atoms with Crippen LogP contribution in [0.25, 0.3) is 5.82 Å². The van der Waals surface area contributed by atoms with Gasteiger partial charge in [-0.05, 0) is 25.2 Å². The van der Waals surface area contributed by atoms with Crippen molar-refractivity contribution in [3.8, 4) is 5.82 Å². The van der Waals surface area contributed by atoms with Crippen LogP contribution in [0.4, 0.5) is 5.82 Å². The number of tetrazole rings is 1. The van der Waals surface area contributed by atoms with E-state index < -0.39 is 4.92 Å². The Morgan fingerprint density at radius 2 is 2.36 bits per heavy atom. The number of nitrogen functional groups attached to an aromatic ring is 1. The van der Waals surface area contributed by atoms with Crippen LogP contribution in [0, 0.1) is 10.1 Å². The van der Waals surface area contributed by atoms with Gasteiger partial charge in [0.2, 0.25) is 5.82 Å². The molecule has 72 valence electrons. The minimum atomic E-state index is -0.652. The van der Waals surface area contributed by atoms with Gasteiger partial charge in [-0.15, -0.1) is 5.10 Å². The summed E-state index contributed by atoms with van der Waals surface area (Å²) in [5.74, 6) is 5.08. The third-order valence-electron chi connectivity index (χ3n) is 1.47. The second-order valence-corrected chi connectivity index (χ2v) is 2.32. The molecule has 2 aromatic heterocycles. The fraction of sp³-hybridized carbons (Fsp3) is 0. The normalized spacial score (nSPS) is 10.3. The molecule has 0 bridgehead atoms. The highest BCUT2D eigenvalue weighted by Crippen LogP contribution is 2.12. The number of aromatic nitrogens is 6. The lowest BCUT2D eigenvalue weighted by Crippen LogP contribution is -2.13. The second-order valence-electron chi connectivity index (χ2n) is 2.32. The van der Waals surface area contributed by atoms with E-state index in [2.05, 4.69) is 20.6 Å². The first-order valence-corrected chi connectivity index (χ1v) is 3.41. The minimum Gasteiger partial charge on any atom is -0.358 e. The van der Waals surface area contributed by atoms with E-state index in [4.69, 9.17) is 5.84 Å². The molecule has 0 spiro atoms. The van der Waals surface area contributed by atoms with Gasteiger partial charge in [-0.25, -0.2) is 5.84 Å². The quantitative estimate of drug-likeness (QED) is 0.350. The largest absolute Gasteiger partial charge is 0.371 e. The van der Waals surface area contributed by atoms with Crippen molar-refractivity contribution in [2.45, 2.75) is 0 Å². The zero-order valence-corrected chi connectivity index (χ0v) is 6.68. The fourth-order valence-electron chi connectivity index (χ4n) is 0.887. The van der Waals surface area contributed by atoms with Crippen molar-refractivity contribution in [1.29, 1.82) is 0 Å². The Kier molecular flexibility index (Phi) is 1.59. The SMILES string of the molecule is Nn1nc(-n2cnnn2)cc1[N+](=O)[O-]. The summed E-state index contributed by atoms with van der Waals surface area (Å²) in [5, 5.41) is 24.3. The monoisotopic (exact) mass is 196 g/mol. The summed E-state index contributed by atoms with van der Waals surface area (Å²) < 4.78 is 1.16. The summed E-state index contributed by atoms with van der Waals surface area (Å²) in [5.41, 5.74) is 0. The van der Waals surface area contributed by atoms with Crippen LogP contribution in [0.15, 0.2) is 12.4 Å². The van der Waals surface area contributed by atoms with Gasteiger partial charge in [0.1, 0.15) is 6.33 Å². The first kappa shape index (κ1) is 8.10. The molecule has 10 nitrogen and oxygen atoms in total. The van der Waals surface area contributed by atoms with E-state index in [9.17, 15) is 10.1 Å². The van der Waals surface area contributed by atoms with E-state index >= 15 is 0 Å². The average molecular weight is 196 g/mol. The fourth-order valence-corrected chi connectivity index (χ4v) is 0.887. The molecule has 0 aromatic carbocycles. The predicted octanol–water partition coefficient (Wildman–Crippen LogP) is -1.52. The van der Waals surface area contributed by atoms with Gasteiger partial charge in [0, 0.05) is 0 Å². The molecular weight excluding hydrogens is 192 g/mol. The maximum atomic E-state index is 10.4. The summed E-state index contributed by atoms with van der Waals surface area (Å²) in [7, 11) is 0. The Hall–Kier alpha value is -2.52. The van der Waals surface area contributed by atoms with Crippen LogP contribution < -0.4 is 5.84 Å². The van der Waals surface area contributed by atoms with Crippen LogP contribution in [-0.4, -0.2) is 35.0 Å². The molecule has 0 unspecified atom stereocenters. The molecule has 10 heteroatoms. The number of nitro groups is 1. The molecule has 2 N–H and O–H groups in total. The third-order valence-corrected chi connectivity index (χ3v) is 1.47. The van der Waals surface area contributed by atoms with Gasteiger partial charge in [0.25, 0.3) is 0 Å². The van der Waals surface area contributed by atoms with E-state index in [1.165, 1.54) is 6.33 Å². The zero-order chi connectivity index (χ0) is 10.1. The maximum Gasteiger partial charge on any atom is 0.371 e. The molecule has 0 fully saturated rings. The molecule has 2 aromatic rings. The molecule has 0 saturated carbocycles. The van der Waals surface area contributed by atoms with Gasteiger partial charge in [-0.3, -0.25) is 0 Å². The number of nitrogens with two attached hydrogens (primary N) is 1. The third kappa shape index (κ3) is 1.14. The molecule has 0 saturated heterocycles. The summed E-state index contributed by atoms with van der Waals surface area (Å²) in [4.78, 5) is 10.4. The van der Waals surface area contributed by atoms with Crippen LogP contribution in [-0.2, 0) is 0 Å². The van der Waals surface area contributed by atoms with Gasteiger partial charge in [0.15, 0.2) is 0 Å². The summed E-state index contributed by atoms with van der Waals surface area (Å²) in [6.45, 7) is 0. The summed E-state index contributed by atoms with van der Waals surface area (Å²) >= 11 is 0. The van der Waals surface area contributed by atoms with Gasteiger partial charge in [-0.1, -0.05) is 0 Å². The second kappa shape index (κ2) is 2.76. The highest BCUT2D eigenvalue weighted by molar-refractivity contribution is 5.31. The minimum absolute atomic E-state index is 0.184. The van der Waals surface area contributed by atoms with Crippen LogP contribution >= 0.6 is 0 Å². The van der Waals surface area contributed by atoms with E-state index in [1.807, 2.05) is 0 Å². The highest BCUT2D eigenvalue weighted by Gasteiger charge is 2.17. The first-order valence-electron chi connectivity index (χ1n) is 3.41. The molecular formula is C4H4N8O2. The predicted molar refractivity (Wildman–Crippen MR) is 41.7 cm³/mol. The Morgan fingerprint density at radius 1 is 1.57 bits per heavy atom. The molecule has 14 heavy (non-hydrogen) atoms. The lowest BCUT2D eigenvalue weighted by Gasteiger charge is -1.88. The van der Waals surface area contributed by atoms with E-state index in [0.29, 0.717) is 4.79 Å². The number of rotatable bonds is 2. The summed E-state index contributed by atoms with van der Waals surface area (Å²) in [6, 6.07) is 1.16.